The van der Waals surface area contributed by atoms with Gasteiger partial charge in [0, 0.05) is 37.7 Å². The zero-order chi connectivity index (χ0) is 19.2. The first kappa shape index (κ1) is 18.2. The number of nitrogens with zero attached hydrogens (tertiary/aromatic N) is 6. The van der Waals surface area contributed by atoms with Crippen molar-refractivity contribution < 1.29 is 4.79 Å². The lowest BCUT2D eigenvalue weighted by atomic mass is 10.1. The van der Waals surface area contributed by atoms with Gasteiger partial charge in [0.15, 0.2) is 5.82 Å². The molecule has 3 aromatic rings. The Hall–Kier alpha value is -3.14. The fraction of sp³-hybridized carbons (Fsp3) is 0.333. The Kier molecular flexibility index (Phi) is 5.66. The number of carbonyl (C=O) groups excluding carboxylic acids is 1. The van der Waals surface area contributed by atoms with Crippen molar-refractivity contribution in [3.63, 3.8) is 0 Å². The minimum absolute atomic E-state index is 0.132. The molecule has 144 valence electrons. The molecule has 1 fully saturated rings. The molecule has 0 unspecified atom stereocenters. The smallest absolute Gasteiger partial charge is 0.230 e. The number of hydrogen-bond acceptors (Lipinski definition) is 9. The maximum absolute atomic E-state index is 12.1. The zero-order valence-electron chi connectivity index (χ0n) is 15.2. The van der Waals surface area contributed by atoms with Gasteiger partial charge in [0.2, 0.25) is 16.2 Å². The van der Waals surface area contributed by atoms with Crippen molar-refractivity contribution in [1.82, 2.24) is 25.4 Å². The van der Waals surface area contributed by atoms with Crippen LogP contribution in [0.3, 0.4) is 0 Å². The molecule has 0 radical (unpaired) electrons. The van der Waals surface area contributed by atoms with Gasteiger partial charge in [-0.15, -0.1) is 15.3 Å². The zero-order valence-corrected chi connectivity index (χ0v) is 16.0. The number of aromatic nitrogens is 5. The third kappa shape index (κ3) is 4.77. The Balaban J connectivity index is 1.25. The standard InChI is InChI=1S/C18H20N8OS/c27-16(11-13-3-1-7-19-12-13)22-18-25-24-17(28-18)21-14-5-9-26(10-6-14)15-4-2-8-20-23-15/h1-4,7-8,12,14H,5-6,9-11H2,(H,21,24)(H,22,25,27). The minimum Gasteiger partial charge on any atom is -0.357 e. The number of nitrogens with one attached hydrogen (secondary N) is 2. The molecule has 0 aromatic carbocycles. The predicted molar refractivity (Wildman–Crippen MR) is 107 cm³/mol. The molecular formula is C18H20N8OS. The maximum atomic E-state index is 12.1. The lowest BCUT2D eigenvalue weighted by Gasteiger charge is -2.32. The minimum atomic E-state index is -0.132. The topological polar surface area (TPSA) is 109 Å². The second-order valence-electron chi connectivity index (χ2n) is 6.49. The number of piperidine rings is 1. The summed E-state index contributed by atoms with van der Waals surface area (Å²) < 4.78 is 0. The van der Waals surface area contributed by atoms with Gasteiger partial charge in [-0.25, -0.2) is 0 Å². The Labute approximate surface area is 166 Å². The van der Waals surface area contributed by atoms with Crippen molar-refractivity contribution in [3.05, 3.63) is 48.4 Å². The first-order chi connectivity index (χ1) is 13.8. The first-order valence-corrected chi connectivity index (χ1v) is 9.89. The van der Waals surface area contributed by atoms with Gasteiger partial charge >= 0.3 is 0 Å². The van der Waals surface area contributed by atoms with E-state index in [0.717, 1.165) is 42.4 Å². The number of amides is 1. The molecule has 10 heteroatoms. The molecule has 0 bridgehead atoms. The van der Waals surface area contributed by atoms with Crippen LogP contribution in [-0.4, -0.2) is 50.4 Å². The summed E-state index contributed by atoms with van der Waals surface area (Å²) in [6.07, 6.45) is 7.25. The fourth-order valence-electron chi connectivity index (χ4n) is 3.07. The summed E-state index contributed by atoms with van der Waals surface area (Å²) >= 11 is 1.35. The van der Waals surface area contributed by atoms with Crippen molar-refractivity contribution in [2.75, 3.05) is 28.6 Å². The van der Waals surface area contributed by atoms with E-state index in [1.165, 1.54) is 11.3 Å². The summed E-state index contributed by atoms with van der Waals surface area (Å²) in [7, 11) is 0. The molecule has 0 saturated carbocycles. The van der Waals surface area contributed by atoms with Gasteiger partial charge in [0.25, 0.3) is 0 Å². The van der Waals surface area contributed by atoms with Crippen LogP contribution < -0.4 is 15.5 Å². The van der Waals surface area contributed by atoms with E-state index in [9.17, 15) is 4.79 Å². The van der Waals surface area contributed by atoms with Crippen molar-refractivity contribution >= 4 is 33.3 Å². The second kappa shape index (κ2) is 8.70. The van der Waals surface area contributed by atoms with Crippen LogP contribution >= 0.6 is 11.3 Å². The highest BCUT2D eigenvalue weighted by Crippen LogP contribution is 2.24. The van der Waals surface area contributed by atoms with Crippen molar-refractivity contribution in [3.8, 4) is 0 Å². The second-order valence-corrected chi connectivity index (χ2v) is 7.46. The van der Waals surface area contributed by atoms with Crippen LogP contribution in [0.15, 0.2) is 42.9 Å². The third-order valence-electron chi connectivity index (χ3n) is 4.46. The van der Waals surface area contributed by atoms with Crippen molar-refractivity contribution in [1.29, 1.82) is 0 Å². The van der Waals surface area contributed by atoms with Gasteiger partial charge in [-0.2, -0.15) is 5.10 Å². The molecule has 1 aliphatic heterocycles. The van der Waals surface area contributed by atoms with E-state index in [4.69, 9.17) is 0 Å². The highest BCUT2D eigenvalue weighted by Gasteiger charge is 2.21. The lowest BCUT2D eigenvalue weighted by molar-refractivity contribution is -0.115. The van der Waals surface area contributed by atoms with Gasteiger partial charge < -0.3 is 15.5 Å². The predicted octanol–water partition coefficient (Wildman–Crippen LogP) is 1.99. The average molecular weight is 396 g/mol. The number of rotatable bonds is 6. The monoisotopic (exact) mass is 396 g/mol. The molecule has 1 aliphatic rings. The Morgan fingerprint density at radius 1 is 1.11 bits per heavy atom. The molecule has 1 amide bonds. The molecule has 3 aromatic heterocycles. The van der Waals surface area contributed by atoms with Crippen molar-refractivity contribution in [2.45, 2.75) is 25.3 Å². The molecule has 28 heavy (non-hydrogen) atoms. The number of anilines is 3. The molecule has 0 atom stereocenters. The van der Waals surface area contributed by atoms with Gasteiger partial charge in [-0.05, 0) is 36.6 Å². The Morgan fingerprint density at radius 2 is 1.93 bits per heavy atom. The number of hydrogen-bond donors (Lipinski definition) is 2. The summed E-state index contributed by atoms with van der Waals surface area (Å²) in [6, 6.07) is 7.88. The summed E-state index contributed by atoms with van der Waals surface area (Å²) in [5.41, 5.74) is 0.859. The van der Waals surface area contributed by atoms with Crippen LogP contribution in [0.5, 0.6) is 0 Å². The summed E-state index contributed by atoms with van der Waals surface area (Å²) in [5, 5.41) is 23.7. The summed E-state index contributed by atoms with van der Waals surface area (Å²) in [4.78, 5) is 18.4. The van der Waals surface area contributed by atoms with E-state index < -0.39 is 0 Å². The molecule has 4 heterocycles. The fourth-order valence-corrected chi connectivity index (χ4v) is 3.81. The van der Waals surface area contributed by atoms with Crippen LogP contribution in [0.4, 0.5) is 16.1 Å². The van der Waals surface area contributed by atoms with Gasteiger partial charge in [-0.3, -0.25) is 9.78 Å². The van der Waals surface area contributed by atoms with E-state index >= 15 is 0 Å². The molecular weight excluding hydrogens is 376 g/mol. The molecule has 1 saturated heterocycles. The maximum Gasteiger partial charge on any atom is 0.230 e. The molecule has 0 aliphatic carbocycles. The summed E-state index contributed by atoms with van der Waals surface area (Å²) in [5.74, 6) is 0.781. The summed E-state index contributed by atoms with van der Waals surface area (Å²) in [6.45, 7) is 1.81. The third-order valence-corrected chi connectivity index (χ3v) is 5.23. The molecule has 0 spiro atoms. The first-order valence-electron chi connectivity index (χ1n) is 9.08. The van der Waals surface area contributed by atoms with Crippen LogP contribution in [0.1, 0.15) is 18.4 Å². The Morgan fingerprint density at radius 3 is 2.68 bits per heavy atom. The van der Waals surface area contributed by atoms with E-state index in [1.54, 1.807) is 18.6 Å². The SMILES string of the molecule is O=C(Cc1cccnc1)Nc1nnc(NC2CCN(c3cccnn3)CC2)s1. The van der Waals surface area contributed by atoms with Gasteiger partial charge in [0.1, 0.15) is 0 Å². The Bertz CT molecular complexity index is 896. The van der Waals surface area contributed by atoms with Crippen LogP contribution in [0.2, 0.25) is 0 Å². The van der Waals surface area contributed by atoms with Crippen molar-refractivity contribution in [2.24, 2.45) is 0 Å². The quantitative estimate of drug-likeness (QED) is 0.651. The van der Waals surface area contributed by atoms with E-state index in [-0.39, 0.29) is 12.3 Å². The lowest BCUT2D eigenvalue weighted by Crippen LogP contribution is -2.39. The van der Waals surface area contributed by atoms with E-state index in [2.05, 4.69) is 40.9 Å². The largest absolute Gasteiger partial charge is 0.357 e. The number of carbonyl (C=O) groups is 1. The molecule has 4 rings (SSSR count). The normalized spacial score (nSPS) is 14.6. The number of pyridine rings is 1. The van der Waals surface area contributed by atoms with Gasteiger partial charge in [0.05, 0.1) is 6.42 Å². The molecule has 9 nitrogen and oxygen atoms in total. The van der Waals surface area contributed by atoms with E-state index in [0.29, 0.717) is 11.2 Å². The van der Waals surface area contributed by atoms with Crippen LogP contribution in [-0.2, 0) is 11.2 Å². The molecule has 2 N–H and O–H groups in total. The van der Waals surface area contributed by atoms with Crippen LogP contribution in [0, 0.1) is 0 Å². The highest BCUT2D eigenvalue weighted by atomic mass is 32.1. The average Bonchev–Trinajstić information content (AvgIpc) is 3.16. The van der Waals surface area contributed by atoms with E-state index in [1.807, 2.05) is 24.3 Å². The highest BCUT2D eigenvalue weighted by molar-refractivity contribution is 7.19. The van der Waals surface area contributed by atoms with Crippen LogP contribution in [0.25, 0.3) is 0 Å². The van der Waals surface area contributed by atoms with Gasteiger partial charge in [-0.1, -0.05) is 17.4 Å².